The van der Waals surface area contributed by atoms with E-state index in [1.54, 1.807) is 37.5 Å². The lowest BCUT2D eigenvalue weighted by Crippen LogP contribution is -2.36. The molecule has 21 heavy (non-hydrogen) atoms. The van der Waals surface area contributed by atoms with E-state index < -0.39 is 0 Å². The Labute approximate surface area is 123 Å². The van der Waals surface area contributed by atoms with Gasteiger partial charge in [-0.1, -0.05) is 6.07 Å². The van der Waals surface area contributed by atoms with Gasteiger partial charge in [-0.05, 0) is 23.8 Å². The Balaban J connectivity index is 1.86. The summed E-state index contributed by atoms with van der Waals surface area (Å²) in [6.07, 6.45) is 3.36. The number of methoxy groups -OCH3 is 1. The molecule has 0 saturated carbocycles. The van der Waals surface area contributed by atoms with Crippen molar-refractivity contribution in [2.75, 3.05) is 14.2 Å². The number of aromatic nitrogens is 2. The molecule has 0 saturated heterocycles. The summed E-state index contributed by atoms with van der Waals surface area (Å²) in [7, 11) is 3.29. The third-order valence-electron chi connectivity index (χ3n) is 2.92. The van der Waals surface area contributed by atoms with Crippen molar-refractivity contribution in [3.05, 3.63) is 54.0 Å². The molecule has 0 bridgehead atoms. The summed E-state index contributed by atoms with van der Waals surface area (Å²) in [6.45, 7) is 0.886. The van der Waals surface area contributed by atoms with Crippen LogP contribution < -0.4 is 10.1 Å². The topological polar surface area (TPSA) is 67.3 Å². The molecule has 2 heterocycles. The fraction of sp³-hybridized carbons (Fsp3) is 0.267. The van der Waals surface area contributed by atoms with Crippen LogP contribution in [0.5, 0.6) is 5.88 Å². The van der Waals surface area contributed by atoms with E-state index in [2.05, 4.69) is 15.3 Å². The van der Waals surface area contributed by atoms with E-state index in [0.717, 1.165) is 11.3 Å². The minimum atomic E-state index is -0.156. The van der Waals surface area contributed by atoms with E-state index >= 15 is 0 Å². The Morgan fingerprint density at radius 3 is 2.86 bits per heavy atom. The van der Waals surface area contributed by atoms with Crippen LogP contribution in [-0.2, 0) is 13.1 Å². The standard InChI is InChI=1S/C15H18N4O2/c1-19(11-13-5-3-4-7-16-13)15(20)18-10-12-6-8-17-14(9-12)21-2/h3-9H,10-11H2,1-2H3,(H,18,20). The number of hydrogen-bond donors (Lipinski definition) is 1. The van der Waals surface area contributed by atoms with Gasteiger partial charge in [-0.2, -0.15) is 0 Å². The molecule has 0 aliphatic rings. The van der Waals surface area contributed by atoms with Crippen LogP contribution in [-0.4, -0.2) is 35.1 Å². The highest BCUT2D eigenvalue weighted by Gasteiger charge is 2.09. The number of pyridine rings is 2. The number of carbonyl (C=O) groups is 1. The van der Waals surface area contributed by atoms with Crippen LogP contribution in [0.1, 0.15) is 11.3 Å². The molecule has 0 fully saturated rings. The van der Waals surface area contributed by atoms with E-state index in [0.29, 0.717) is 19.0 Å². The van der Waals surface area contributed by atoms with Gasteiger partial charge in [-0.3, -0.25) is 4.98 Å². The fourth-order valence-electron chi connectivity index (χ4n) is 1.79. The first kappa shape index (κ1) is 14.8. The molecular weight excluding hydrogens is 268 g/mol. The zero-order chi connectivity index (χ0) is 15.1. The number of hydrogen-bond acceptors (Lipinski definition) is 4. The number of urea groups is 1. The SMILES string of the molecule is COc1cc(CNC(=O)N(C)Cc2ccccn2)ccn1. The maximum atomic E-state index is 12.0. The highest BCUT2D eigenvalue weighted by atomic mass is 16.5. The number of amides is 2. The first-order valence-corrected chi connectivity index (χ1v) is 6.57. The summed E-state index contributed by atoms with van der Waals surface area (Å²) < 4.78 is 5.05. The van der Waals surface area contributed by atoms with Gasteiger partial charge in [-0.15, -0.1) is 0 Å². The van der Waals surface area contributed by atoms with Gasteiger partial charge in [0.05, 0.1) is 19.3 Å². The second kappa shape index (κ2) is 7.23. The van der Waals surface area contributed by atoms with Crippen molar-refractivity contribution < 1.29 is 9.53 Å². The molecule has 2 aromatic rings. The smallest absolute Gasteiger partial charge is 0.317 e. The van der Waals surface area contributed by atoms with E-state index in [1.165, 1.54) is 0 Å². The molecule has 0 radical (unpaired) electrons. The van der Waals surface area contributed by atoms with Gasteiger partial charge in [-0.25, -0.2) is 9.78 Å². The number of nitrogens with one attached hydrogen (secondary N) is 1. The zero-order valence-corrected chi connectivity index (χ0v) is 12.1. The number of rotatable bonds is 5. The average molecular weight is 286 g/mol. The van der Waals surface area contributed by atoms with Gasteiger partial charge in [0, 0.05) is 32.1 Å². The molecule has 2 amide bonds. The maximum absolute atomic E-state index is 12.0. The molecule has 0 unspecified atom stereocenters. The summed E-state index contributed by atoms with van der Waals surface area (Å²) in [6, 6.07) is 9.10. The fourth-order valence-corrected chi connectivity index (χ4v) is 1.79. The molecule has 0 aliphatic heterocycles. The van der Waals surface area contributed by atoms with Gasteiger partial charge in [0.25, 0.3) is 0 Å². The summed E-state index contributed by atoms with van der Waals surface area (Å²) in [5, 5.41) is 2.85. The van der Waals surface area contributed by atoms with Crippen molar-refractivity contribution in [3.8, 4) is 5.88 Å². The largest absolute Gasteiger partial charge is 0.481 e. The third-order valence-corrected chi connectivity index (χ3v) is 2.92. The van der Waals surface area contributed by atoms with Crippen LogP contribution in [0.4, 0.5) is 4.79 Å². The Hall–Kier alpha value is -2.63. The van der Waals surface area contributed by atoms with Gasteiger partial charge < -0.3 is 15.0 Å². The lowest BCUT2D eigenvalue weighted by Gasteiger charge is -2.17. The quantitative estimate of drug-likeness (QED) is 0.910. The van der Waals surface area contributed by atoms with Crippen LogP contribution in [0, 0.1) is 0 Å². The monoisotopic (exact) mass is 286 g/mol. The minimum Gasteiger partial charge on any atom is -0.481 e. The molecule has 0 aromatic carbocycles. The number of ether oxygens (including phenoxy) is 1. The maximum Gasteiger partial charge on any atom is 0.317 e. The van der Waals surface area contributed by atoms with Crippen LogP contribution in [0.25, 0.3) is 0 Å². The van der Waals surface area contributed by atoms with Gasteiger partial charge in [0.1, 0.15) is 0 Å². The normalized spacial score (nSPS) is 10.0. The summed E-state index contributed by atoms with van der Waals surface area (Å²) >= 11 is 0. The van der Waals surface area contributed by atoms with E-state index in [1.807, 2.05) is 24.3 Å². The van der Waals surface area contributed by atoms with E-state index in [-0.39, 0.29) is 6.03 Å². The molecule has 0 aliphatic carbocycles. The molecule has 110 valence electrons. The first-order valence-electron chi connectivity index (χ1n) is 6.57. The van der Waals surface area contributed by atoms with Gasteiger partial charge >= 0.3 is 6.03 Å². The van der Waals surface area contributed by atoms with Crippen molar-refractivity contribution in [3.63, 3.8) is 0 Å². The Morgan fingerprint density at radius 1 is 1.29 bits per heavy atom. The molecule has 2 aromatic heterocycles. The third kappa shape index (κ3) is 4.45. The second-order valence-electron chi connectivity index (χ2n) is 4.54. The van der Waals surface area contributed by atoms with Gasteiger partial charge in [0.15, 0.2) is 0 Å². The zero-order valence-electron chi connectivity index (χ0n) is 12.1. The summed E-state index contributed by atoms with van der Waals surface area (Å²) in [5.74, 6) is 0.531. The molecule has 0 atom stereocenters. The van der Waals surface area contributed by atoms with Crippen LogP contribution in [0.3, 0.4) is 0 Å². The van der Waals surface area contributed by atoms with Crippen LogP contribution in [0.15, 0.2) is 42.7 Å². The van der Waals surface area contributed by atoms with Crippen molar-refractivity contribution >= 4 is 6.03 Å². The predicted molar refractivity (Wildman–Crippen MR) is 78.7 cm³/mol. The predicted octanol–water partition coefficient (Wildman–Crippen LogP) is 1.83. The van der Waals surface area contributed by atoms with E-state index in [4.69, 9.17) is 4.74 Å². The van der Waals surface area contributed by atoms with Crippen molar-refractivity contribution in [2.45, 2.75) is 13.1 Å². The molecule has 2 rings (SSSR count). The average Bonchev–Trinajstić information content (AvgIpc) is 2.53. The van der Waals surface area contributed by atoms with Gasteiger partial charge in [0.2, 0.25) is 5.88 Å². The number of nitrogens with zero attached hydrogens (tertiary/aromatic N) is 3. The number of carbonyl (C=O) groups excluding carboxylic acids is 1. The highest BCUT2D eigenvalue weighted by molar-refractivity contribution is 5.73. The summed E-state index contributed by atoms with van der Waals surface area (Å²) in [5.41, 5.74) is 1.78. The molecule has 0 spiro atoms. The second-order valence-corrected chi connectivity index (χ2v) is 4.54. The highest BCUT2D eigenvalue weighted by Crippen LogP contribution is 2.08. The lowest BCUT2D eigenvalue weighted by atomic mass is 10.2. The van der Waals surface area contributed by atoms with Crippen LogP contribution in [0.2, 0.25) is 0 Å². The lowest BCUT2D eigenvalue weighted by molar-refractivity contribution is 0.206. The first-order chi connectivity index (χ1) is 10.2. The molecule has 1 N–H and O–H groups in total. The van der Waals surface area contributed by atoms with E-state index in [9.17, 15) is 4.79 Å². The Morgan fingerprint density at radius 2 is 2.14 bits per heavy atom. The molecule has 6 heteroatoms. The Kier molecular flexibility index (Phi) is 5.09. The molecular formula is C15H18N4O2. The van der Waals surface area contributed by atoms with Crippen molar-refractivity contribution in [1.29, 1.82) is 0 Å². The van der Waals surface area contributed by atoms with Crippen LogP contribution >= 0.6 is 0 Å². The minimum absolute atomic E-state index is 0.156. The Bertz CT molecular complexity index is 589. The van der Waals surface area contributed by atoms with Crippen molar-refractivity contribution in [1.82, 2.24) is 20.2 Å². The van der Waals surface area contributed by atoms with Crippen molar-refractivity contribution in [2.24, 2.45) is 0 Å². The molecule has 6 nitrogen and oxygen atoms in total. The summed E-state index contributed by atoms with van der Waals surface area (Å²) in [4.78, 5) is 21.8.